The molecular weight excluding hydrogens is 233 g/mol. The number of terminal acetylenes is 1. The van der Waals surface area contributed by atoms with E-state index in [-0.39, 0.29) is 5.82 Å². The first-order valence-electron chi connectivity index (χ1n) is 3.78. The van der Waals surface area contributed by atoms with Gasteiger partial charge in [-0.3, -0.25) is 0 Å². The first-order chi connectivity index (χ1) is 6.20. The fraction of sp³-hybridized carbons (Fsp3) is 0.200. The van der Waals surface area contributed by atoms with Gasteiger partial charge in [0.1, 0.15) is 5.82 Å². The van der Waals surface area contributed by atoms with E-state index in [0.717, 1.165) is 0 Å². The molecule has 1 rings (SSSR count). The molecule has 0 fully saturated rings. The molecule has 0 saturated carbocycles. The standard InChI is InChI=1S/C10H9BrFN/c1-3-9(13-2)10-7(11)5-4-6-8(10)12/h1,4-6,9,13H,2H3. The highest BCUT2D eigenvalue weighted by Crippen LogP contribution is 2.25. The highest BCUT2D eigenvalue weighted by Gasteiger charge is 2.14. The van der Waals surface area contributed by atoms with E-state index in [1.54, 1.807) is 19.2 Å². The Morgan fingerprint density at radius 2 is 2.31 bits per heavy atom. The van der Waals surface area contributed by atoms with Crippen LogP contribution >= 0.6 is 15.9 Å². The highest BCUT2D eigenvalue weighted by atomic mass is 79.9. The van der Waals surface area contributed by atoms with Gasteiger partial charge in [-0.25, -0.2) is 4.39 Å². The molecule has 0 aliphatic rings. The fourth-order valence-electron chi connectivity index (χ4n) is 1.10. The van der Waals surface area contributed by atoms with Crippen molar-refractivity contribution < 1.29 is 4.39 Å². The molecule has 0 spiro atoms. The summed E-state index contributed by atoms with van der Waals surface area (Å²) in [5.41, 5.74) is 0.479. The summed E-state index contributed by atoms with van der Waals surface area (Å²) < 4.78 is 14.0. The third-order valence-corrected chi connectivity index (χ3v) is 2.44. The minimum absolute atomic E-state index is 0.299. The molecule has 0 aromatic heterocycles. The molecule has 1 unspecified atom stereocenters. The molecule has 13 heavy (non-hydrogen) atoms. The number of benzene rings is 1. The second kappa shape index (κ2) is 4.40. The summed E-state index contributed by atoms with van der Waals surface area (Å²) in [5, 5.41) is 2.84. The van der Waals surface area contributed by atoms with Crippen LogP contribution in [-0.2, 0) is 0 Å². The zero-order chi connectivity index (χ0) is 9.84. The number of nitrogens with one attached hydrogen (secondary N) is 1. The molecule has 0 saturated heterocycles. The Balaban J connectivity index is 3.20. The van der Waals surface area contributed by atoms with Gasteiger partial charge < -0.3 is 5.32 Å². The van der Waals surface area contributed by atoms with Crippen LogP contribution in [0.1, 0.15) is 11.6 Å². The van der Waals surface area contributed by atoms with Gasteiger partial charge >= 0.3 is 0 Å². The molecule has 1 atom stereocenters. The second-order valence-electron chi connectivity index (χ2n) is 2.52. The van der Waals surface area contributed by atoms with E-state index in [1.165, 1.54) is 6.07 Å². The topological polar surface area (TPSA) is 12.0 Å². The molecule has 1 nitrogen and oxygen atoms in total. The Bertz CT molecular complexity index is 323. The van der Waals surface area contributed by atoms with Crippen molar-refractivity contribution in [2.45, 2.75) is 6.04 Å². The van der Waals surface area contributed by atoms with E-state index in [1.807, 2.05) is 0 Å². The maximum atomic E-state index is 13.3. The van der Waals surface area contributed by atoms with Crippen molar-refractivity contribution in [2.75, 3.05) is 7.05 Å². The van der Waals surface area contributed by atoms with E-state index in [2.05, 4.69) is 27.2 Å². The Kier molecular flexibility index (Phi) is 3.47. The van der Waals surface area contributed by atoms with Crippen molar-refractivity contribution in [3.63, 3.8) is 0 Å². The number of hydrogen-bond acceptors (Lipinski definition) is 1. The zero-order valence-corrected chi connectivity index (χ0v) is 8.73. The Morgan fingerprint density at radius 1 is 1.62 bits per heavy atom. The Morgan fingerprint density at radius 3 is 2.77 bits per heavy atom. The van der Waals surface area contributed by atoms with Crippen LogP contribution in [0.25, 0.3) is 0 Å². The van der Waals surface area contributed by atoms with Gasteiger partial charge in [-0.1, -0.05) is 27.9 Å². The SMILES string of the molecule is C#CC(NC)c1c(F)cccc1Br. The smallest absolute Gasteiger partial charge is 0.130 e. The summed E-state index contributed by atoms with van der Waals surface area (Å²) in [4.78, 5) is 0. The fourth-order valence-corrected chi connectivity index (χ4v) is 1.67. The van der Waals surface area contributed by atoms with Crippen LogP contribution < -0.4 is 5.32 Å². The molecule has 3 heteroatoms. The monoisotopic (exact) mass is 241 g/mol. The van der Waals surface area contributed by atoms with E-state index in [4.69, 9.17) is 6.42 Å². The summed E-state index contributed by atoms with van der Waals surface area (Å²) in [7, 11) is 1.70. The van der Waals surface area contributed by atoms with Crippen molar-refractivity contribution in [3.05, 3.63) is 34.1 Å². The first-order valence-corrected chi connectivity index (χ1v) is 4.57. The lowest BCUT2D eigenvalue weighted by Crippen LogP contribution is -2.16. The van der Waals surface area contributed by atoms with Crippen LogP contribution in [0.4, 0.5) is 4.39 Å². The van der Waals surface area contributed by atoms with Crippen LogP contribution in [-0.4, -0.2) is 7.05 Å². The number of hydrogen-bond donors (Lipinski definition) is 1. The molecule has 68 valence electrons. The minimum Gasteiger partial charge on any atom is -0.303 e. The van der Waals surface area contributed by atoms with Gasteiger partial charge in [0.25, 0.3) is 0 Å². The summed E-state index contributed by atoms with van der Waals surface area (Å²) in [6.45, 7) is 0. The average Bonchev–Trinajstić information content (AvgIpc) is 2.11. The van der Waals surface area contributed by atoms with Crippen LogP contribution in [0.15, 0.2) is 22.7 Å². The second-order valence-corrected chi connectivity index (χ2v) is 3.38. The molecule has 1 N–H and O–H groups in total. The molecule has 0 aliphatic heterocycles. The normalized spacial score (nSPS) is 12.2. The third-order valence-electron chi connectivity index (χ3n) is 1.74. The predicted octanol–water partition coefficient (Wildman–Crippen LogP) is 2.48. The Labute approximate surface area is 85.5 Å². The maximum Gasteiger partial charge on any atom is 0.130 e. The molecule has 0 bridgehead atoms. The van der Waals surface area contributed by atoms with Crippen LogP contribution in [0.5, 0.6) is 0 Å². The minimum atomic E-state index is -0.393. The zero-order valence-electron chi connectivity index (χ0n) is 7.14. The van der Waals surface area contributed by atoms with Crippen molar-refractivity contribution in [1.29, 1.82) is 0 Å². The lowest BCUT2D eigenvalue weighted by Gasteiger charge is -2.12. The van der Waals surface area contributed by atoms with E-state index in [0.29, 0.717) is 10.0 Å². The summed E-state index contributed by atoms with van der Waals surface area (Å²) in [5.74, 6) is 2.17. The van der Waals surface area contributed by atoms with Crippen molar-refractivity contribution in [3.8, 4) is 12.3 Å². The predicted molar refractivity (Wildman–Crippen MR) is 54.7 cm³/mol. The molecule has 1 aromatic rings. The van der Waals surface area contributed by atoms with E-state index in [9.17, 15) is 4.39 Å². The molecule has 0 radical (unpaired) electrons. The Hall–Kier alpha value is -0.850. The van der Waals surface area contributed by atoms with E-state index >= 15 is 0 Å². The summed E-state index contributed by atoms with van der Waals surface area (Å²) in [6.07, 6.45) is 5.25. The highest BCUT2D eigenvalue weighted by molar-refractivity contribution is 9.10. The lowest BCUT2D eigenvalue weighted by molar-refractivity contribution is 0.585. The molecule has 0 aliphatic carbocycles. The van der Waals surface area contributed by atoms with Crippen molar-refractivity contribution in [2.24, 2.45) is 0 Å². The number of halogens is 2. The van der Waals surface area contributed by atoms with Crippen LogP contribution in [0, 0.1) is 18.2 Å². The van der Waals surface area contributed by atoms with Gasteiger partial charge in [0.2, 0.25) is 0 Å². The quantitative estimate of drug-likeness (QED) is 0.785. The van der Waals surface area contributed by atoms with Crippen LogP contribution in [0.3, 0.4) is 0 Å². The van der Waals surface area contributed by atoms with Gasteiger partial charge in [-0.15, -0.1) is 6.42 Å². The van der Waals surface area contributed by atoms with Gasteiger partial charge in [0, 0.05) is 10.0 Å². The van der Waals surface area contributed by atoms with Gasteiger partial charge in [0.15, 0.2) is 0 Å². The summed E-state index contributed by atoms with van der Waals surface area (Å²) in [6, 6.07) is 4.39. The molecular formula is C10H9BrFN. The van der Waals surface area contributed by atoms with Crippen LogP contribution in [0.2, 0.25) is 0 Å². The molecule has 1 aromatic carbocycles. The van der Waals surface area contributed by atoms with Crippen molar-refractivity contribution >= 4 is 15.9 Å². The maximum absolute atomic E-state index is 13.3. The van der Waals surface area contributed by atoms with Gasteiger partial charge in [0.05, 0.1) is 6.04 Å². The van der Waals surface area contributed by atoms with E-state index < -0.39 is 6.04 Å². The number of rotatable bonds is 2. The first kappa shape index (κ1) is 10.2. The largest absolute Gasteiger partial charge is 0.303 e. The van der Waals surface area contributed by atoms with Gasteiger partial charge in [-0.05, 0) is 19.2 Å². The average molecular weight is 242 g/mol. The van der Waals surface area contributed by atoms with Crippen molar-refractivity contribution in [1.82, 2.24) is 5.32 Å². The molecule has 0 amide bonds. The lowest BCUT2D eigenvalue weighted by atomic mass is 10.1. The summed E-state index contributed by atoms with van der Waals surface area (Å²) >= 11 is 3.25. The van der Waals surface area contributed by atoms with Gasteiger partial charge in [-0.2, -0.15) is 0 Å². The molecule has 0 heterocycles. The third kappa shape index (κ3) is 2.09.